The lowest BCUT2D eigenvalue weighted by molar-refractivity contribution is -0.0821. The van der Waals surface area contributed by atoms with Crippen LogP contribution in [-0.4, -0.2) is 5.11 Å². The number of aromatic hydroxyl groups is 1. The summed E-state index contributed by atoms with van der Waals surface area (Å²) in [7, 11) is 0. The van der Waals surface area contributed by atoms with Crippen molar-refractivity contribution in [3.05, 3.63) is 28.8 Å². The summed E-state index contributed by atoms with van der Waals surface area (Å²) in [5.74, 6) is 3.10. The maximum absolute atomic E-state index is 11.3. The van der Waals surface area contributed by atoms with Gasteiger partial charge in [-0.05, 0) is 79.1 Å². The Hall–Kier alpha value is -0.500. The molecule has 5 rings (SSSR count). The van der Waals surface area contributed by atoms with Gasteiger partial charge in [0.1, 0.15) is 5.75 Å². The highest BCUT2D eigenvalue weighted by Crippen LogP contribution is 2.68. The molecular weight excluding hydrogens is 396 g/mol. The molecule has 27 heavy (non-hydrogen) atoms. The number of alkyl halides is 1. The van der Waals surface area contributed by atoms with Gasteiger partial charge >= 0.3 is 0 Å². The van der Waals surface area contributed by atoms with Crippen LogP contribution in [0, 0.1) is 23.2 Å². The molecule has 1 N–H and O–H groups in total. The minimum absolute atomic E-state index is 0.108. The van der Waals surface area contributed by atoms with E-state index in [1.165, 1.54) is 56.1 Å². The molecule has 4 aliphatic carbocycles. The van der Waals surface area contributed by atoms with Gasteiger partial charge in [0.05, 0.1) is 0 Å². The minimum Gasteiger partial charge on any atom is -0.507 e. The van der Waals surface area contributed by atoms with Crippen LogP contribution in [0.4, 0.5) is 0 Å². The van der Waals surface area contributed by atoms with Crippen molar-refractivity contribution >= 4 is 15.9 Å². The molecule has 0 aliphatic heterocycles. The van der Waals surface area contributed by atoms with E-state index in [-0.39, 0.29) is 10.8 Å². The van der Waals surface area contributed by atoms with Crippen molar-refractivity contribution in [2.75, 3.05) is 0 Å². The first-order valence-electron chi connectivity index (χ1n) is 11.0. The molecule has 0 heterocycles. The van der Waals surface area contributed by atoms with Gasteiger partial charge < -0.3 is 5.11 Å². The van der Waals surface area contributed by atoms with Crippen molar-refractivity contribution in [3.8, 4) is 5.75 Å². The zero-order valence-electron chi connectivity index (χ0n) is 17.9. The molecule has 2 heteroatoms. The molecule has 1 aromatic carbocycles. The van der Waals surface area contributed by atoms with Crippen LogP contribution >= 0.6 is 15.9 Å². The smallest absolute Gasteiger partial charge is 0.123 e. The van der Waals surface area contributed by atoms with Gasteiger partial charge in [-0.25, -0.2) is 0 Å². The highest BCUT2D eigenvalue weighted by atomic mass is 79.9. The fourth-order valence-electron chi connectivity index (χ4n) is 7.51. The van der Waals surface area contributed by atoms with Gasteiger partial charge in [-0.15, -0.1) is 0 Å². The van der Waals surface area contributed by atoms with Crippen LogP contribution in [-0.2, 0) is 16.2 Å². The second-order valence-corrected chi connectivity index (χ2v) is 12.3. The van der Waals surface area contributed by atoms with E-state index in [1.807, 2.05) is 0 Å². The summed E-state index contributed by atoms with van der Waals surface area (Å²) in [6.07, 6.45) is 9.58. The second kappa shape index (κ2) is 6.51. The number of phenols is 1. The lowest BCUT2D eigenvalue weighted by atomic mass is 9.41. The molecule has 4 saturated carbocycles. The Labute approximate surface area is 174 Å². The van der Waals surface area contributed by atoms with E-state index < -0.39 is 0 Å². The average Bonchev–Trinajstić information content (AvgIpc) is 2.51. The van der Waals surface area contributed by atoms with Crippen LogP contribution in [0.3, 0.4) is 0 Å². The van der Waals surface area contributed by atoms with E-state index in [0.29, 0.717) is 11.2 Å². The van der Waals surface area contributed by atoms with Gasteiger partial charge in [-0.1, -0.05) is 62.7 Å². The summed E-state index contributed by atoms with van der Waals surface area (Å²) in [6.45, 7) is 11.7. The van der Waals surface area contributed by atoms with E-state index in [2.05, 4.69) is 62.7 Å². The number of hydrogen-bond acceptors (Lipinski definition) is 1. The maximum atomic E-state index is 11.3. The molecule has 0 radical (unpaired) electrons. The Kier molecular flexibility index (Phi) is 4.77. The first-order valence-corrected chi connectivity index (χ1v) is 12.1. The van der Waals surface area contributed by atoms with E-state index in [9.17, 15) is 5.11 Å². The predicted octanol–water partition coefficient (Wildman–Crippen LogP) is 7.47. The molecule has 4 aliphatic rings. The van der Waals surface area contributed by atoms with E-state index in [4.69, 9.17) is 0 Å². The monoisotopic (exact) mass is 432 g/mol. The molecule has 150 valence electrons. The molecule has 0 aromatic heterocycles. The highest BCUT2D eigenvalue weighted by molar-refractivity contribution is 9.08. The number of benzene rings is 1. The Morgan fingerprint density at radius 3 is 2.26 bits per heavy atom. The van der Waals surface area contributed by atoms with Crippen LogP contribution in [0.15, 0.2) is 12.1 Å². The Bertz CT molecular complexity index is 707. The van der Waals surface area contributed by atoms with E-state index in [1.54, 1.807) is 0 Å². The first-order chi connectivity index (χ1) is 12.6. The molecule has 2 unspecified atom stereocenters. The third kappa shape index (κ3) is 3.38. The topological polar surface area (TPSA) is 20.2 Å². The number of phenolic OH excluding ortho intramolecular Hbond substituents is 1. The predicted molar refractivity (Wildman–Crippen MR) is 118 cm³/mol. The highest BCUT2D eigenvalue weighted by Gasteiger charge is 2.58. The second-order valence-electron chi connectivity index (χ2n) is 11.8. The van der Waals surface area contributed by atoms with Crippen LogP contribution < -0.4 is 0 Å². The van der Waals surface area contributed by atoms with Crippen LogP contribution in [0.25, 0.3) is 0 Å². The zero-order valence-corrected chi connectivity index (χ0v) is 19.5. The summed E-state index contributed by atoms with van der Waals surface area (Å²) in [5.41, 5.74) is 4.58. The summed E-state index contributed by atoms with van der Waals surface area (Å²) in [6, 6.07) is 4.61. The Balaban J connectivity index is 1.83. The molecule has 0 saturated heterocycles. The maximum Gasteiger partial charge on any atom is 0.123 e. The molecule has 4 bridgehead atoms. The summed E-state index contributed by atoms with van der Waals surface area (Å²) in [4.78, 5) is 0. The molecule has 0 spiro atoms. The Morgan fingerprint density at radius 1 is 1.11 bits per heavy atom. The van der Waals surface area contributed by atoms with Gasteiger partial charge in [-0.2, -0.15) is 0 Å². The molecule has 1 aromatic rings. The lowest BCUT2D eigenvalue weighted by Crippen LogP contribution is -2.54. The largest absolute Gasteiger partial charge is 0.507 e. The number of hydrogen-bond donors (Lipinski definition) is 1. The van der Waals surface area contributed by atoms with Crippen molar-refractivity contribution in [1.29, 1.82) is 0 Å². The standard InChI is InChI=1S/C25H37BrO/c1-16(2)9-24-10-17-6-18(11-24)13-25(12-17,15-24)21-8-20(23(3,4)5)7-19(14-26)22(21)27/h7-8,16-18,27H,6,9-15H2,1-5H3. The van der Waals surface area contributed by atoms with Gasteiger partial charge in [0.2, 0.25) is 0 Å². The molecule has 1 nitrogen and oxygen atoms in total. The first kappa shape index (κ1) is 19.8. The van der Waals surface area contributed by atoms with Gasteiger partial charge in [0.15, 0.2) is 0 Å². The zero-order chi connectivity index (χ0) is 19.6. The fraction of sp³-hybridized carbons (Fsp3) is 0.760. The van der Waals surface area contributed by atoms with Crippen molar-refractivity contribution in [2.45, 2.75) is 95.7 Å². The summed E-state index contributed by atoms with van der Waals surface area (Å²) < 4.78 is 0. The molecular formula is C25H37BrO. The number of rotatable bonds is 4. The van der Waals surface area contributed by atoms with Crippen LogP contribution in [0.5, 0.6) is 5.75 Å². The lowest BCUT2D eigenvalue weighted by Gasteiger charge is -2.63. The van der Waals surface area contributed by atoms with Crippen LogP contribution in [0.1, 0.15) is 96.3 Å². The number of halogens is 1. The van der Waals surface area contributed by atoms with Gasteiger partial charge in [-0.3, -0.25) is 0 Å². The van der Waals surface area contributed by atoms with Crippen molar-refractivity contribution in [2.24, 2.45) is 23.2 Å². The third-order valence-electron chi connectivity index (χ3n) is 7.79. The van der Waals surface area contributed by atoms with Gasteiger partial charge in [0, 0.05) is 21.9 Å². The Morgan fingerprint density at radius 2 is 1.74 bits per heavy atom. The normalized spacial score (nSPS) is 35.2. The third-order valence-corrected chi connectivity index (χ3v) is 8.40. The minimum atomic E-state index is 0.108. The quantitative estimate of drug-likeness (QED) is 0.489. The fourth-order valence-corrected chi connectivity index (χ4v) is 7.93. The molecule has 0 amide bonds. The SMILES string of the molecule is CC(C)CC12CC3CC(C1)CC(c1cc(C(C)(C)C)cc(CBr)c1O)(C3)C2. The van der Waals surface area contributed by atoms with Gasteiger partial charge in [0.25, 0.3) is 0 Å². The van der Waals surface area contributed by atoms with Crippen molar-refractivity contribution in [3.63, 3.8) is 0 Å². The molecule has 2 atom stereocenters. The summed E-state index contributed by atoms with van der Waals surface area (Å²) in [5, 5.41) is 12.0. The van der Waals surface area contributed by atoms with Crippen LogP contribution in [0.2, 0.25) is 0 Å². The molecule has 4 fully saturated rings. The van der Waals surface area contributed by atoms with Crippen molar-refractivity contribution in [1.82, 2.24) is 0 Å². The average molecular weight is 433 g/mol. The summed E-state index contributed by atoms with van der Waals surface area (Å²) >= 11 is 3.64. The van der Waals surface area contributed by atoms with Crippen molar-refractivity contribution < 1.29 is 5.11 Å². The van der Waals surface area contributed by atoms with E-state index in [0.717, 1.165) is 28.6 Å². The van der Waals surface area contributed by atoms with E-state index >= 15 is 0 Å².